The van der Waals surface area contributed by atoms with Crippen molar-refractivity contribution in [1.29, 1.82) is 0 Å². The van der Waals surface area contributed by atoms with E-state index in [-0.39, 0.29) is 0 Å². The number of nitrogens with zero attached hydrogens (tertiary/aromatic N) is 2. The third kappa shape index (κ3) is 2.87. The SMILES string of the molecule is ON=COCc1cccc(Br)n1. The van der Waals surface area contributed by atoms with Gasteiger partial charge in [-0.1, -0.05) is 11.2 Å². The second-order valence-electron chi connectivity index (χ2n) is 1.98. The normalized spacial score (nSPS) is 10.4. The number of pyridine rings is 1. The molecule has 0 amide bonds. The fraction of sp³-hybridized carbons (Fsp3) is 0.143. The first-order valence-corrected chi connectivity index (χ1v) is 4.01. The number of rotatable bonds is 3. The van der Waals surface area contributed by atoms with Gasteiger partial charge in [-0.05, 0) is 28.1 Å². The Morgan fingerprint density at radius 1 is 1.67 bits per heavy atom. The van der Waals surface area contributed by atoms with Crippen LogP contribution in [-0.2, 0) is 11.3 Å². The van der Waals surface area contributed by atoms with Gasteiger partial charge in [-0.3, -0.25) is 0 Å². The molecular weight excluding hydrogens is 224 g/mol. The number of hydrogen-bond acceptors (Lipinski definition) is 4. The van der Waals surface area contributed by atoms with E-state index in [0.29, 0.717) is 6.61 Å². The first-order valence-electron chi connectivity index (χ1n) is 3.22. The van der Waals surface area contributed by atoms with Crippen LogP contribution in [0, 0.1) is 0 Å². The van der Waals surface area contributed by atoms with Crippen LogP contribution in [0.15, 0.2) is 28.0 Å². The molecule has 0 saturated carbocycles. The van der Waals surface area contributed by atoms with Crippen LogP contribution < -0.4 is 0 Å². The topological polar surface area (TPSA) is 54.7 Å². The van der Waals surface area contributed by atoms with Gasteiger partial charge < -0.3 is 9.94 Å². The van der Waals surface area contributed by atoms with E-state index >= 15 is 0 Å². The predicted octanol–water partition coefficient (Wildman–Crippen LogP) is 1.78. The standard InChI is InChI=1S/C7H7BrN2O2/c8-7-3-1-2-6(10-7)4-12-5-9-11/h1-3,5,11H,4H2. The van der Waals surface area contributed by atoms with Crippen LogP contribution in [0.25, 0.3) is 0 Å². The highest BCUT2D eigenvalue weighted by atomic mass is 79.9. The smallest absolute Gasteiger partial charge is 0.212 e. The van der Waals surface area contributed by atoms with Gasteiger partial charge in [0, 0.05) is 0 Å². The minimum Gasteiger partial charge on any atom is -0.474 e. The first-order chi connectivity index (χ1) is 5.83. The molecule has 0 radical (unpaired) electrons. The van der Waals surface area contributed by atoms with Crippen LogP contribution in [0.1, 0.15) is 5.69 Å². The van der Waals surface area contributed by atoms with Crippen molar-refractivity contribution in [3.63, 3.8) is 0 Å². The molecule has 1 N–H and O–H groups in total. The van der Waals surface area contributed by atoms with Crippen molar-refractivity contribution in [2.24, 2.45) is 5.16 Å². The van der Waals surface area contributed by atoms with Crippen LogP contribution in [0.4, 0.5) is 0 Å². The molecule has 0 aromatic carbocycles. The van der Waals surface area contributed by atoms with E-state index in [1.807, 2.05) is 18.2 Å². The molecular formula is C7H7BrN2O2. The zero-order valence-corrected chi connectivity index (χ0v) is 7.73. The quantitative estimate of drug-likeness (QED) is 0.283. The van der Waals surface area contributed by atoms with Crippen molar-refractivity contribution in [3.05, 3.63) is 28.5 Å². The Bertz CT molecular complexity index is 278. The number of ether oxygens (including phenoxy) is 1. The van der Waals surface area contributed by atoms with Crippen LogP contribution >= 0.6 is 15.9 Å². The second-order valence-corrected chi connectivity index (χ2v) is 2.80. The van der Waals surface area contributed by atoms with Gasteiger partial charge in [0.1, 0.15) is 11.2 Å². The Hall–Kier alpha value is -1.10. The Kier molecular flexibility index (Phi) is 3.53. The molecule has 1 rings (SSSR count). The predicted molar refractivity (Wildman–Crippen MR) is 47.0 cm³/mol. The summed E-state index contributed by atoms with van der Waals surface area (Å²) in [6.07, 6.45) is 0.961. The number of aromatic nitrogens is 1. The van der Waals surface area contributed by atoms with Crippen LogP contribution in [0.3, 0.4) is 0 Å². The molecule has 0 spiro atoms. The van der Waals surface area contributed by atoms with Crippen LogP contribution in [0.2, 0.25) is 0 Å². The van der Waals surface area contributed by atoms with Gasteiger partial charge >= 0.3 is 0 Å². The lowest BCUT2D eigenvalue weighted by Crippen LogP contribution is -1.93. The fourth-order valence-corrected chi connectivity index (χ4v) is 1.07. The summed E-state index contributed by atoms with van der Waals surface area (Å²) in [5, 5.41) is 10.7. The van der Waals surface area contributed by atoms with Crippen molar-refractivity contribution in [2.45, 2.75) is 6.61 Å². The van der Waals surface area contributed by atoms with Gasteiger partial charge in [-0.25, -0.2) is 4.98 Å². The van der Waals surface area contributed by atoms with E-state index in [4.69, 9.17) is 9.94 Å². The van der Waals surface area contributed by atoms with E-state index in [1.54, 1.807) is 0 Å². The molecule has 5 heteroatoms. The van der Waals surface area contributed by atoms with E-state index in [1.165, 1.54) is 0 Å². The second kappa shape index (κ2) is 4.71. The molecule has 64 valence electrons. The maximum Gasteiger partial charge on any atom is 0.212 e. The molecule has 1 heterocycles. The summed E-state index contributed by atoms with van der Waals surface area (Å²) >= 11 is 3.22. The van der Waals surface area contributed by atoms with Crippen molar-refractivity contribution in [2.75, 3.05) is 0 Å². The van der Waals surface area contributed by atoms with Crippen molar-refractivity contribution in [1.82, 2.24) is 4.98 Å². The average molecular weight is 231 g/mol. The molecule has 0 unspecified atom stereocenters. The highest BCUT2D eigenvalue weighted by Gasteiger charge is 1.93. The lowest BCUT2D eigenvalue weighted by molar-refractivity contribution is 0.259. The molecule has 0 aliphatic carbocycles. The van der Waals surface area contributed by atoms with Crippen LogP contribution in [0.5, 0.6) is 0 Å². The van der Waals surface area contributed by atoms with Gasteiger partial charge in [0.15, 0.2) is 0 Å². The minimum atomic E-state index is 0.295. The van der Waals surface area contributed by atoms with E-state index in [2.05, 4.69) is 26.1 Å². The van der Waals surface area contributed by atoms with Crippen molar-refractivity contribution < 1.29 is 9.94 Å². The van der Waals surface area contributed by atoms with Crippen LogP contribution in [-0.4, -0.2) is 16.6 Å². The average Bonchev–Trinajstić information content (AvgIpc) is 2.05. The summed E-state index contributed by atoms with van der Waals surface area (Å²) in [6, 6.07) is 5.49. The Labute approximate surface area is 78.0 Å². The summed E-state index contributed by atoms with van der Waals surface area (Å²) < 4.78 is 5.55. The maximum absolute atomic E-state index is 8.01. The van der Waals surface area contributed by atoms with Gasteiger partial charge in [0.05, 0.1) is 5.69 Å². The summed E-state index contributed by atoms with van der Waals surface area (Å²) in [5.41, 5.74) is 0.768. The maximum atomic E-state index is 8.01. The molecule has 0 fully saturated rings. The molecule has 0 atom stereocenters. The third-order valence-electron chi connectivity index (χ3n) is 1.13. The molecule has 0 bridgehead atoms. The van der Waals surface area contributed by atoms with E-state index in [0.717, 1.165) is 16.7 Å². The molecule has 12 heavy (non-hydrogen) atoms. The van der Waals surface area contributed by atoms with Gasteiger partial charge in [-0.15, -0.1) is 0 Å². The summed E-state index contributed by atoms with van der Waals surface area (Å²) in [7, 11) is 0. The third-order valence-corrected chi connectivity index (χ3v) is 1.57. The molecule has 0 aliphatic heterocycles. The Balaban J connectivity index is 2.52. The Morgan fingerprint density at radius 2 is 2.50 bits per heavy atom. The molecule has 1 aromatic rings. The lowest BCUT2D eigenvalue weighted by atomic mass is 10.4. The van der Waals surface area contributed by atoms with E-state index < -0.39 is 0 Å². The number of hydrogen-bond donors (Lipinski definition) is 1. The first kappa shape index (κ1) is 8.99. The molecule has 4 nitrogen and oxygen atoms in total. The number of oxime groups is 1. The van der Waals surface area contributed by atoms with Crippen molar-refractivity contribution in [3.8, 4) is 0 Å². The molecule has 1 aromatic heterocycles. The summed E-state index contributed by atoms with van der Waals surface area (Å²) in [6.45, 7) is 0.295. The summed E-state index contributed by atoms with van der Waals surface area (Å²) in [5.74, 6) is 0. The highest BCUT2D eigenvalue weighted by Crippen LogP contribution is 2.06. The highest BCUT2D eigenvalue weighted by molar-refractivity contribution is 9.10. The lowest BCUT2D eigenvalue weighted by Gasteiger charge is -1.98. The summed E-state index contributed by atoms with van der Waals surface area (Å²) in [4.78, 5) is 4.09. The Morgan fingerprint density at radius 3 is 3.17 bits per heavy atom. The zero-order chi connectivity index (χ0) is 8.81. The zero-order valence-electron chi connectivity index (χ0n) is 6.14. The van der Waals surface area contributed by atoms with Gasteiger partial charge in [-0.2, -0.15) is 0 Å². The van der Waals surface area contributed by atoms with Gasteiger partial charge in [0.25, 0.3) is 0 Å². The van der Waals surface area contributed by atoms with E-state index in [9.17, 15) is 0 Å². The van der Waals surface area contributed by atoms with Gasteiger partial charge in [0.2, 0.25) is 6.40 Å². The fourth-order valence-electron chi connectivity index (χ4n) is 0.687. The largest absolute Gasteiger partial charge is 0.474 e. The molecule has 0 saturated heterocycles. The van der Waals surface area contributed by atoms with Crippen molar-refractivity contribution >= 4 is 22.3 Å². The number of halogens is 1. The molecule has 0 aliphatic rings. The minimum absolute atomic E-state index is 0.295. The monoisotopic (exact) mass is 230 g/mol.